The van der Waals surface area contributed by atoms with Crippen molar-refractivity contribution in [3.63, 3.8) is 0 Å². The molecule has 106 valence electrons. The molecular formula is C14H22N2O2S. The van der Waals surface area contributed by atoms with Gasteiger partial charge in [0.05, 0.1) is 4.90 Å². The predicted molar refractivity (Wildman–Crippen MR) is 77.4 cm³/mol. The van der Waals surface area contributed by atoms with Gasteiger partial charge in [0.2, 0.25) is 10.0 Å². The average Bonchev–Trinajstić information content (AvgIpc) is 2.57. The highest BCUT2D eigenvalue weighted by Crippen LogP contribution is 2.26. The van der Waals surface area contributed by atoms with Gasteiger partial charge in [-0.1, -0.05) is 12.8 Å². The number of nitrogen functional groups attached to an aromatic ring is 1. The van der Waals surface area contributed by atoms with Crippen molar-refractivity contribution < 1.29 is 8.42 Å². The molecule has 1 fully saturated rings. The van der Waals surface area contributed by atoms with Crippen molar-refractivity contribution in [3.8, 4) is 0 Å². The van der Waals surface area contributed by atoms with E-state index in [1.54, 1.807) is 22.5 Å². The Morgan fingerprint density at radius 1 is 1.26 bits per heavy atom. The van der Waals surface area contributed by atoms with Crippen molar-refractivity contribution in [1.29, 1.82) is 0 Å². The predicted octanol–water partition coefficient (Wildman–Crippen LogP) is 2.53. The minimum absolute atomic E-state index is 0.0744. The van der Waals surface area contributed by atoms with E-state index in [1.165, 1.54) is 0 Å². The fourth-order valence-corrected chi connectivity index (χ4v) is 4.33. The monoisotopic (exact) mass is 282 g/mol. The molecule has 0 saturated carbocycles. The summed E-state index contributed by atoms with van der Waals surface area (Å²) in [5, 5.41) is 0. The number of hydrogen-bond donors (Lipinski definition) is 1. The van der Waals surface area contributed by atoms with Crippen LogP contribution in [0.2, 0.25) is 0 Å². The van der Waals surface area contributed by atoms with Crippen LogP contribution in [0.25, 0.3) is 0 Å². The topological polar surface area (TPSA) is 63.4 Å². The second-order valence-corrected chi connectivity index (χ2v) is 7.22. The molecule has 1 heterocycles. The van der Waals surface area contributed by atoms with Crippen LogP contribution in [0, 0.1) is 6.92 Å². The van der Waals surface area contributed by atoms with Crippen LogP contribution in [-0.4, -0.2) is 25.3 Å². The maximum Gasteiger partial charge on any atom is 0.243 e. The summed E-state index contributed by atoms with van der Waals surface area (Å²) in [6.07, 6.45) is 4.09. The van der Waals surface area contributed by atoms with Gasteiger partial charge in [-0.05, 0) is 50.5 Å². The van der Waals surface area contributed by atoms with Gasteiger partial charge in [-0.3, -0.25) is 0 Å². The third kappa shape index (κ3) is 2.92. The molecular weight excluding hydrogens is 260 g/mol. The largest absolute Gasteiger partial charge is 0.399 e. The second-order valence-electron chi connectivity index (χ2n) is 5.33. The molecule has 1 unspecified atom stereocenters. The first kappa shape index (κ1) is 14.3. The summed E-state index contributed by atoms with van der Waals surface area (Å²) < 4.78 is 27.0. The fraction of sp³-hybridized carbons (Fsp3) is 0.571. The number of anilines is 1. The fourth-order valence-electron chi connectivity index (χ4n) is 2.55. The Labute approximate surface area is 115 Å². The maximum absolute atomic E-state index is 12.7. The van der Waals surface area contributed by atoms with E-state index in [-0.39, 0.29) is 6.04 Å². The summed E-state index contributed by atoms with van der Waals surface area (Å²) in [4.78, 5) is 0.355. The molecule has 0 amide bonds. The van der Waals surface area contributed by atoms with Crippen molar-refractivity contribution in [1.82, 2.24) is 4.31 Å². The van der Waals surface area contributed by atoms with Crippen molar-refractivity contribution in [2.75, 3.05) is 12.3 Å². The minimum atomic E-state index is -3.40. The zero-order chi connectivity index (χ0) is 14.0. The number of nitrogens with zero attached hydrogens (tertiary/aromatic N) is 1. The van der Waals surface area contributed by atoms with Crippen LogP contribution >= 0.6 is 0 Å². The van der Waals surface area contributed by atoms with E-state index in [9.17, 15) is 8.42 Å². The van der Waals surface area contributed by atoms with Crippen molar-refractivity contribution in [2.24, 2.45) is 0 Å². The Kier molecular flexibility index (Phi) is 4.16. The van der Waals surface area contributed by atoms with Crippen LogP contribution in [0.15, 0.2) is 23.1 Å². The second kappa shape index (κ2) is 5.51. The van der Waals surface area contributed by atoms with Gasteiger partial charge in [0.1, 0.15) is 0 Å². The molecule has 4 nitrogen and oxygen atoms in total. The third-order valence-corrected chi connectivity index (χ3v) is 5.85. The molecule has 1 saturated heterocycles. The SMILES string of the molecule is Cc1cc(S(=O)(=O)N2CCCCCC2C)ccc1N. The van der Waals surface area contributed by atoms with Gasteiger partial charge in [-0.15, -0.1) is 0 Å². The molecule has 2 N–H and O–H groups in total. The summed E-state index contributed by atoms with van der Waals surface area (Å²) in [6.45, 7) is 4.44. The third-order valence-electron chi connectivity index (χ3n) is 3.84. The lowest BCUT2D eigenvalue weighted by atomic mass is 10.1. The summed E-state index contributed by atoms with van der Waals surface area (Å²) >= 11 is 0. The van der Waals surface area contributed by atoms with Gasteiger partial charge >= 0.3 is 0 Å². The number of nitrogens with two attached hydrogens (primary N) is 1. The molecule has 2 rings (SSSR count). The highest BCUT2D eigenvalue weighted by molar-refractivity contribution is 7.89. The van der Waals surface area contributed by atoms with Crippen LogP contribution in [-0.2, 0) is 10.0 Å². The van der Waals surface area contributed by atoms with E-state index in [4.69, 9.17) is 5.73 Å². The lowest BCUT2D eigenvalue weighted by Gasteiger charge is -2.26. The first-order valence-corrected chi connectivity index (χ1v) is 8.25. The van der Waals surface area contributed by atoms with Crippen LogP contribution in [0.1, 0.15) is 38.2 Å². The van der Waals surface area contributed by atoms with Gasteiger partial charge in [0.25, 0.3) is 0 Å². The first-order chi connectivity index (χ1) is 8.93. The van der Waals surface area contributed by atoms with Gasteiger partial charge in [0, 0.05) is 18.3 Å². The Balaban J connectivity index is 2.37. The van der Waals surface area contributed by atoms with E-state index in [0.717, 1.165) is 31.2 Å². The van der Waals surface area contributed by atoms with Crippen LogP contribution < -0.4 is 5.73 Å². The van der Waals surface area contributed by atoms with Crippen LogP contribution in [0.4, 0.5) is 5.69 Å². The zero-order valence-corrected chi connectivity index (χ0v) is 12.4. The molecule has 19 heavy (non-hydrogen) atoms. The normalized spacial score (nSPS) is 22.1. The van der Waals surface area contributed by atoms with Gasteiger partial charge in [-0.25, -0.2) is 8.42 Å². The summed E-state index contributed by atoms with van der Waals surface area (Å²) in [7, 11) is -3.40. The standard InChI is InChI=1S/C14H22N2O2S/c1-11-10-13(7-8-14(11)15)19(17,18)16-9-5-3-4-6-12(16)2/h7-8,10,12H,3-6,9,15H2,1-2H3. The number of aryl methyl sites for hydroxylation is 1. The Hall–Kier alpha value is -1.07. The van der Waals surface area contributed by atoms with E-state index >= 15 is 0 Å². The quantitative estimate of drug-likeness (QED) is 0.848. The molecule has 0 radical (unpaired) electrons. The molecule has 5 heteroatoms. The van der Waals surface area contributed by atoms with E-state index in [1.807, 2.05) is 13.8 Å². The van der Waals surface area contributed by atoms with E-state index in [2.05, 4.69) is 0 Å². The summed E-state index contributed by atoms with van der Waals surface area (Å²) in [5.41, 5.74) is 7.19. The highest BCUT2D eigenvalue weighted by Gasteiger charge is 2.29. The summed E-state index contributed by atoms with van der Waals surface area (Å²) in [6, 6.07) is 5.02. The molecule has 1 atom stereocenters. The Bertz CT molecular complexity index is 555. The smallest absolute Gasteiger partial charge is 0.243 e. The Morgan fingerprint density at radius 2 is 2.00 bits per heavy atom. The number of hydrogen-bond acceptors (Lipinski definition) is 3. The molecule has 0 spiro atoms. The van der Waals surface area contributed by atoms with Gasteiger partial charge in [0.15, 0.2) is 0 Å². The molecule has 0 bridgehead atoms. The lowest BCUT2D eigenvalue weighted by molar-refractivity contribution is 0.342. The number of rotatable bonds is 2. The number of benzene rings is 1. The average molecular weight is 282 g/mol. The first-order valence-electron chi connectivity index (χ1n) is 6.81. The summed E-state index contributed by atoms with van der Waals surface area (Å²) in [5.74, 6) is 0. The van der Waals surface area contributed by atoms with Gasteiger partial charge in [-0.2, -0.15) is 4.31 Å². The van der Waals surface area contributed by atoms with Crippen molar-refractivity contribution >= 4 is 15.7 Å². The molecule has 1 aromatic rings. The molecule has 1 aliphatic rings. The van der Waals surface area contributed by atoms with Crippen LogP contribution in [0.5, 0.6) is 0 Å². The zero-order valence-electron chi connectivity index (χ0n) is 11.6. The molecule has 0 aromatic heterocycles. The molecule has 1 aromatic carbocycles. The van der Waals surface area contributed by atoms with E-state index in [0.29, 0.717) is 17.1 Å². The minimum Gasteiger partial charge on any atom is -0.399 e. The van der Waals surface area contributed by atoms with E-state index < -0.39 is 10.0 Å². The molecule has 0 aliphatic carbocycles. The van der Waals surface area contributed by atoms with Crippen LogP contribution in [0.3, 0.4) is 0 Å². The van der Waals surface area contributed by atoms with Gasteiger partial charge < -0.3 is 5.73 Å². The lowest BCUT2D eigenvalue weighted by Crippen LogP contribution is -2.38. The number of sulfonamides is 1. The Morgan fingerprint density at radius 3 is 2.68 bits per heavy atom. The van der Waals surface area contributed by atoms with Crippen molar-refractivity contribution in [3.05, 3.63) is 23.8 Å². The maximum atomic E-state index is 12.7. The highest BCUT2D eigenvalue weighted by atomic mass is 32.2. The van der Waals surface area contributed by atoms with Crippen molar-refractivity contribution in [2.45, 2.75) is 50.5 Å². The molecule has 1 aliphatic heterocycles.